The number of hydrogen-bond donors (Lipinski definition) is 3. The summed E-state index contributed by atoms with van der Waals surface area (Å²) in [5, 5.41) is 18.5. The minimum absolute atomic E-state index is 0.0316. The number of carbonyl (C=O) groups is 1. The van der Waals surface area contributed by atoms with E-state index in [1.807, 2.05) is 13.8 Å². The van der Waals surface area contributed by atoms with Gasteiger partial charge in [-0.3, -0.25) is 4.79 Å². The average molecular weight is 499 g/mol. The third-order valence-electron chi connectivity index (χ3n) is 6.25. The van der Waals surface area contributed by atoms with E-state index < -0.39 is 23.0 Å². The summed E-state index contributed by atoms with van der Waals surface area (Å²) >= 11 is 11.9. The van der Waals surface area contributed by atoms with Crippen LogP contribution in [0.3, 0.4) is 0 Å². The highest BCUT2D eigenvalue weighted by Crippen LogP contribution is 2.39. The van der Waals surface area contributed by atoms with Crippen LogP contribution in [-0.4, -0.2) is 26.2 Å². The number of aromatic hydroxyl groups is 1. The topological polar surface area (TPSA) is 86.2 Å². The number of hydrogen-bond acceptors (Lipinski definition) is 3. The molecule has 9 heteroatoms. The van der Waals surface area contributed by atoms with E-state index in [9.17, 15) is 18.7 Å². The summed E-state index contributed by atoms with van der Waals surface area (Å²) in [6.45, 7) is 5.28. The number of nitrogens with one attached hydrogen (secondary N) is 1. The fourth-order valence-electron chi connectivity index (χ4n) is 4.15. The second kappa shape index (κ2) is 9.85. The molecule has 0 bridgehead atoms. The van der Waals surface area contributed by atoms with Crippen molar-refractivity contribution in [1.82, 2.24) is 9.97 Å². The van der Waals surface area contributed by atoms with Crippen LogP contribution in [-0.2, 0) is 4.79 Å². The lowest BCUT2D eigenvalue weighted by Gasteiger charge is -2.33. The van der Waals surface area contributed by atoms with Crippen molar-refractivity contribution < 1.29 is 23.8 Å². The fraction of sp³-hybridized carbons (Fsp3) is 0.417. The van der Waals surface area contributed by atoms with Gasteiger partial charge in [0.05, 0.1) is 27.2 Å². The summed E-state index contributed by atoms with van der Waals surface area (Å²) in [6.07, 6.45) is 5.90. The van der Waals surface area contributed by atoms with Crippen molar-refractivity contribution in [2.45, 2.75) is 52.9 Å². The van der Waals surface area contributed by atoms with E-state index in [-0.39, 0.29) is 32.7 Å². The van der Waals surface area contributed by atoms with Crippen molar-refractivity contribution in [1.29, 1.82) is 0 Å². The largest absolute Gasteiger partial charge is 0.493 e. The number of carboxylic acids is 1. The number of H-pyrrole nitrogens is 1. The first-order valence-corrected chi connectivity index (χ1v) is 11.4. The first-order valence-electron chi connectivity index (χ1n) is 10.7. The number of nitrogens with zero attached hydrogens (tertiary/aromatic N) is 1. The monoisotopic (exact) mass is 498 g/mol. The molecule has 2 aromatic heterocycles. The highest BCUT2D eigenvalue weighted by molar-refractivity contribution is 6.37. The first-order chi connectivity index (χ1) is 15.4. The van der Waals surface area contributed by atoms with E-state index in [4.69, 9.17) is 28.3 Å². The van der Waals surface area contributed by atoms with E-state index >= 15 is 0 Å². The minimum Gasteiger partial charge on any atom is -0.493 e. The predicted octanol–water partition coefficient (Wildman–Crippen LogP) is 7.51. The van der Waals surface area contributed by atoms with Gasteiger partial charge in [-0.15, -0.1) is 0 Å². The SMILES string of the molecule is CC(C)(C(=O)O)C1CCCCC1.Cc1cc(F)c(-c2nc3c(Cl)c(O)[nH]c3cc2Cl)c(F)c1. The van der Waals surface area contributed by atoms with Gasteiger partial charge >= 0.3 is 5.97 Å². The Hall–Kier alpha value is -2.38. The van der Waals surface area contributed by atoms with Crippen LogP contribution in [0, 0.1) is 29.9 Å². The molecule has 5 nitrogen and oxygen atoms in total. The zero-order valence-electron chi connectivity index (χ0n) is 18.6. The fourth-order valence-corrected chi connectivity index (χ4v) is 4.58. The van der Waals surface area contributed by atoms with E-state index in [0.717, 1.165) is 12.8 Å². The third-order valence-corrected chi connectivity index (χ3v) is 6.89. The molecule has 2 heterocycles. The molecule has 1 aromatic carbocycles. The van der Waals surface area contributed by atoms with Gasteiger partial charge in [-0.1, -0.05) is 42.5 Å². The highest BCUT2D eigenvalue weighted by Gasteiger charge is 2.36. The molecule has 1 fully saturated rings. The molecule has 178 valence electrons. The Bertz CT molecular complexity index is 1170. The van der Waals surface area contributed by atoms with Crippen molar-refractivity contribution in [3.63, 3.8) is 0 Å². The maximum atomic E-state index is 14.1. The number of fused-ring (bicyclic) bond motifs is 1. The number of aryl methyl sites for hydroxylation is 1. The lowest BCUT2D eigenvalue weighted by atomic mass is 9.71. The van der Waals surface area contributed by atoms with Crippen molar-refractivity contribution in [3.05, 3.63) is 45.4 Å². The molecule has 3 aromatic rings. The molecule has 0 amide bonds. The van der Waals surface area contributed by atoms with Gasteiger partial charge in [-0.2, -0.15) is 0 Å². The molecule has 4 rings (SSSR count). The molecule has 0 radical (unpaired) electrons. The lowest BCUT2D eigenvalue weighted by molar-refractivity contribution is -0.150. The highest BCUT2D eigenvalue weighted by atomic mass is 35.5. The van der Waals surface area contributed by atoms with Crippen molar-refractivity contribution >= 4 is 40.2 Å². The Kier molecular flexibility index (Phi) is 7.54. The summed E-state index contributed by atoms with van der Waals surface area (Å²) in [4.78, 5) is 17.6. The van der Waals surface area contributed by atoms with Gasteiger partial charge in [0.25, 0.3) is 0 Å². The van der Waals surface area contributed by atoms with Crippen LogP contribution in [0.25, 0.3) is 22.3 Å². The zero-order chi connectivity index (χ0) is 24.5. The number of benzene rings is 1. The van der Waals surface area contributed by atoms with E-state index in [2.05, 4.69) is 9.97 Å². The maximum absolute atomic E-state index is 14.1. The molecular formula is C24H26Cl2F2N2O3. The van der Waals surface area contributed by atoms with E-state index in [1.54, 1.807) is 6.92 Å². The van der Waals surface area contributed by atoms with Crippen LogP contribution in [0.5, 0.6) is 5.88 Å². The molecule has 0 atom stereocenters. The second-order valence-corrected chi connectivity index (χ2v) is 9.75. The molecular weight excluding hydrogens is 473 g/mol. The van der Waals surface area contributed by atoms with Crippen molar-refractivity contribution in [2.24, 2.45) is 11.3 Å². The molecule has 0 saturated heterocycles. The van der Waals surface area contributed by atoms with Crippen LogP contribution < -0.4 is 0 Å². The first kappa shape index (κ1) is 25.2. The molecule has 33 heavy (non-hydrogen) atoms. The van der Waals surface area contributed by atoms with E-state index in [0.29, 0.717) is 17.0 Å². The summed E-state index contributed by atoms with van der Waals surface area (Å²) in [5.41, 5.74) is 0.0974. The second-order valence-electron chi connectivity index (χ2n) is 8.97. The predicted molar refractivity (Wildman–Crippen MR) is 126 cm³/mol. The molecule has 0 spiro atoms. The molecule has 0 aliphatic heterocycles. The van der Waals surface area contributed by atoms with Crippen LogP contribution in [0.1, 0.15) is 51.5 Å². The summed E-state index contributed by atoms with van der Waals surface area (Å²) in [7, 11) is 0. The minimum atomic E-state index is -0.767. The number of carboxylic acid groups (broad SMARTS) is 1. The number of aromatic nitrogens is 2. The smallest absolute Gasteiger partial charge is 0.309 e. The van der Waals surface area contributed by atoms with Gasteiger partial charge in [-0.25, -0.2) is 13.8 Å². The number of rotatable bonds is 3. The summed E-state index contributed by atoms with van der Waals surface area (Å²) in [6, 6.07) is 3.79. The number of aliphatic carboxylic acids is 1. The Balaban J connectivity index is 0.000000218. The van der Waals surface area contributed by atoms with Crippen LogP contribution >= 0.6 is 23.2 Å². The maximum Gasteiger partial charge on any atom is 0.309 e. The summed E-state index contributed by atoms with van der Waals surface area (Å²) in [5.74, 6) is -2.07. The lowest BCUT2D eigenvalue weighted by Crippen LogP contribution is -2.34. The van der Waals surface area contributed by atoms with Gasteiger partial charge in [0.15, 0.2) is 0 Å². The quantitative estimate of drug-likeness (QED) is 0.348. The van der Waals surface area contributed by atoms with Gasteiger partial charge in [-0.05, 0) is 63.3 Å². The van der Waals surface area contributed by atoms with Gasteiger partial charge < -0.3 is 15.2 Å². The van der Waals surface area contributed by atoms with Gasteiger partial charge in [0, 0.05) is 0 Å². The number of pyridine rings is 1. The van der Waals surface area contributed by atoms with Crippen LogP contribution in [0.2, 0.25) is 10.0 Å². The van der Waals surface area contributed by atoms with Crippen LogP contribution in [0.15, 0.2) is 18.2 Å². The Morgan fingerprint density at radius 3 is 2.24 bits per heavy atom. The zero-order valence-corrected chi connectivity index (χ0v) is 20.1. The Morgan fingerprint density at radius 1 is 1.12 bits per heavy atom. The third kappa shape index (κ3) is 5.25. The van der Waals surface area contributed by atoms with Crippen molar-refractivity contribution in [3.8, 4) is 17.1 Å². The van der Waals surface area contributed by atoms with E-state index in [1.165, 1.54) is 37.5 Å². The average Bonchev–Trinajstić information content (AvgIpc) is 3.01. The van der Waals surface area contributed by atoms with Gasteiger partial charge in [0.1, 0.15) is 22.2 Å². The standard InChI is InChI=1S/C14H8Cl2F2N2O.C10H18O2/c1-5-2-7(17)10(8(18)3-5)12-6(15)4-9-13(20-12)11(16)14(21)19-9;1-10(2,9(11)12)8-6-4-3-5-7-8/h2-4,19,21H,1H3;8H,3-7H2,1-2H3,(H,11,12). The normalized spacial score (nSPS) is 14.8. The molecule has 1 aliphatic rings. The van der Waals surface area contributed by atoms with Crippen LogP contribution in [0.4, 0.5) is 8.78 Å². The Labute approximate surface area is 200 Å². The summed E-state index contributed by atoms with van der Waals surface area (Å²) < 4.78 is 28.1. The molecule has 1 saturated carbocycles. The molecule has 3 N–H and O–H groups in total. The molecule has 0 unspecified atom stereocenters. The number of halogens is 4. The Morgan fingerprint density at radius 2 is 1.70 bits per heavy atom. The van der Waals surface area contributed by atoms with Crippen molar-refractivity contribution in [2.75, 3.05) is 0 Å². The number of aromatic amines is 1. The molecule has 1 aliphatic carbocycles. The van der Waals surface area contributed by atoms with Gasteiger partial charge in [0.2, 0.25) is 5.88 Å².